The van der Waals surface area contributed by atoms with Crippen molar-refractivity contribution in [3.8, 4) is 5.75 Å². The normalized spacial score (nSPS) is 10.7. The molecule has 108 valence electrons. The molecule has 1 rings (SSSR count). The molecular weight excluding hydrogens is 302 g/mol. The predicted octanol–water partition coefficient (Wildman–Crippen LogP) is 4.56. The maximum atomic E-state index is 5.66. The summed E-state index contributed by atoms with van der Waals surface area (Å²) in [6, 6.07) is 6.46. The molecule has 0 aromatic heterocycles. The molecule has 0 bridgehead atoms. The van der Waals surface area contributed by atoms with E-state index in [4.69, 9.17) is 4.74 Å². The molecule has 2 nitrogen and oxygen atoms in total. The summed E-state index contributed by atoms with van der Waals surface area (Å²) in [4.78, 5) is 0. The Bertz CT molecular complexity index is 355. The first-order valence-electron chi connectivity index (χ1n) is 7.33. The number of hydrogen-bond donors (Lipinski definition) is 1. The van der Waals surface area contributed by atoms with Crippen LogP contribution in [0.25, 0.3) is 0 Å². The molecular formula is C16H26BrNO. The van der Waals surface area contributed by atoms with Gasteiger partial charge in [-0.25, -0.2) is 0 Å². The van der Waals surface area contributed by atoms with E-state index in [1.165, 1.54) is 31.2 Å². The minimum absolute atomic E-state index is 0.781. The summed E-state index contributed by atoms with van der Waals surface area (Å²) >= 11 is 3.59. The topological polar surface area (TPSA) is 21.3 Å². The highest BCUT2D eigenvalue weighted by Crippen LogP contribution is 2.26. The Hall–Kier alpha value is -0.540. The van der Waals surface area contributed by atoms with Crippen molar-refractivity contribution in [2.24, 2.45) is 0 Å². The molecule has 0 heterocycles. The van der Waals surface area contributed by atoms with Gasteiger partial charge in [-0.1, -0.05) is 25.8 Å². The molecule has 1 N–H and O–H groups in total. The first-order chi connectivity index (χ1) is 9.27. The van der Waals surface area contributed by atoms with Crippen molar-refractivity contribution in [1.29, 1.82) is 0 Å². The van der Waals surface area contributed by atoms with E-state index < -0.39 is 0 Å². The van der Waals surface area contributed by atoms with Gasteiger partial charge in [0.1, 0.15) is 5.75 Å². The van der Waals surface area contributed by atoms with Crippen LogP contribution in [-0.4, -0.2) is 20.2 Å². The monoisotopic (exact) mass is 327 g/mol. The lowest BCUT2D eigenvalue weighted by atomic mass is 10.1. The second kappa shape index (κ2) is 10.3. The van der Waals surface area contributed by atoms with Crippen molar-refractivity contribution in [1.82, 2.24) is 5.32 Å². The van der Waals surface area contributed by atoms with E-state index in [1.807, 2.05) is 7.05 Å². The Labute approximate surface area is 126 Å². The van der Waals surface area contributed by atoms with Crippen LogP contribution >= 0.6 is 15.9 Å². The zero-order valence-electron chi connectivity index (χ0n) is 12.2. The summed E-state index contributed by atoms with van der Waals surface area (Å²) in [7, 11) is 2.01. The molecule has 0 radical (unpaired) electrons. The average molecular weight is 328 g/mol. The van der Waals surface area contributed by atoms with Gasteiger partial charge in [0, 0.05) is 0 Å². The van der Waals surface area contributed by atoms with Crippen LogP contribution in [0.15, 0.2) is 22.7 Å². The van der Waals surface area contributed by atoms with Gasteiger partial charge in [-0.15, -0.1) is 0 Å². The number of hydrogen-bond acceptors (Lipinski definition) is 2. The van der Waals surface area contributed by atoms with Gasteiger partial charge in [0.05, 0.1) is 11.1 Å². The zero-order valence-corrected chi connectivity index (χ0v) is 13.8. The average Bonchev–Trinajstić information content (AvgIpc) is 2.42. The van der Waals surface area contributed by atoms with Gasteiger partial charge in [0.15, 0.2) is 0 Å². The first kappa shape index (κ1) is 16.5. The highest BCUT2D eigenvalue weighted by atomic mass is 79.9. The van der Waals surface area contributed by atoms with E-state index >= 15 is 0 Å². The van der Waals surface area contributed by atoms with Crippen LogP contribution in [0.3, 0.4) is 0 Å². The van der Waals surface area contributed by atoms with E-state index in [2.05, 4.69) is 46.4 Å². The maximum Gasteiger partial charge on any atom is 0.133 e. The molecule has 0 atom stereocenters. The Kier molecular flexibility index (Phi) is 8.93. The zero-order chi connectivity index (χ0) is 13.9. The Morgan fingerprint density at radius 3 is 2.63 bits per heavy atom. The summed E-state index contributed by atoms with van der Waals surface area (Å²) < 4.78 is 6.73. The molecule has 0 saturated carbocycles. The second-order valence-corrected chi connectivity index (χ2v) is 5.74. The Morgan fingerprint density at radius 1 is 1.16 bits per heavy atom. The third kappa shape index (κ3) is 6.98. The van der Waals surface area contributed by atoms with E-state index in [1.54, 1.807) is 0 Å². The number of nitrogens with one attached hydrogen (secondary N) is 1. The van der Waals surface area contributed by atoms with Gasteiger partial charge in [-0.05, 0) is 72.9 Å². The highest BCUT2D eigenvalue weighted by Gasteiger charge is 2.02. The van der Waals surface area contributed by atoms with E-state index in [9.17, 15) is 0 Å². The van der Waals surface area contributed by atoms with Crippen LogP contribution in [-0.2, 0) is 6.42 Å². The van der Waals surface area contributed by atoms with Crippen molar-refractivity contribution >= 4 is 15.9 Å². The van der Waals surface area contributed by atoms with Crippen LogP contribution in [0.2, 0.25) is 0 Å². The van der Waals surface area contributed by atoms with Crippen molar-refractivity contribution in [2.45, 2.75) is 45.4 Å². The Morgan fingerprint density at radius 2 is 1.95 bits per heavy atom. The number of ether oxygens (including phenoxy) is 1. The molecule has 0 aliphatic heterocycles. The fourth-order valence-corrected chi connectivity index (χ4v) is 2.55. The quantitative estimate of drug-likeness (QED) is 0.636. The molecule has 0 unspecified atom stereocenters. The summed E-state index contributed by atoms with van der Waals surface area (Å²) in [5.41, 5.74) is 1.39. The SMILES string of the molecule is CCCOc1ccc(CCCCCCNC)cc1Br. The largest absolute Gasteiger partial charge is 0.492 e. The lowest BCUT2D eigenvalue weighted by molar-refractivity contribution is 0.315. The molecule has 0 aliphatic rings. The minimum Gasteiger partial charge on any atom is -0.492 e. The summed E-state index contributed by atoms with van der Waals surface area (Å²) in [5, 5.41) is 3.19. The number of rotatable bonds is 10. The number of benzene rings is 1. The minimum atomic E-state index is 0.781. The molecule has 3 heteroatoms. The van der Waals surface area contributed by atoms with Crippen molar-refractivity contribution in [3.63, 3.8) is 0 Å². The summed E-state index contributed by atoms with van der Waals surface area (Å²) in [6.07, 6.45) is 7.38. The third-order valence-corrected chi connectivity index (χ3v) is 3.72. The van der Waals surface area contributed by atoms with Crippen LogP contribution < -0.4 is 10.1 Å². The summed E-state index contributed by atoms with van der Waals surface area (Å²) in [6.45, 7) is 4.04. The standard InChI is InChI=1S/C16H26BrNO/c1-3-12-19-16-10-9-14(13-15(16)17)8-6-4-5-7-11-18-2/h9-10,13,18H,3-8,11-12H2,1-2H3. The third-order valence-electron chi connectivity index (χ3n) is 3.10. The van der Waals surface area contributed by atoms with E-state index in [-0.39, 0.29) is 0 Å². The van der Waals surface area contributed by atoms with Crippen molar-refractivity contribution in [3.05, 3.63) is 28.2 Å². The second-order valence-electron chi connectivity index (χ2n) is 4.88. The first-order valence-corrected chi connectivity index (χ1v) is 8.13. The number of unbranched alkanes of at least 4 members (excludes halogenated alkanes) is 3. The molecule has 0 saturated heterocycles. The summed E-state index contributed by atoms with van der Waals surface area (Å²) in [5.74, 6) is 0.958. The molecule has 1 aromatic rings. The lowest BCUT2D eigenvalue weighted by Crippen LogP contribution is -2.06. The van der Waals surface area contributed by atoms with Crippen molar-refractivity contribution < 1.29 is 4.74 Å². The Balaban J connectivity index is 2.29. The van der Waals surface area contributed by atoms with Crippen molar-refractivity contribution in [2.75, 3.05) is 20.2 Å². The lowest BCUT2D eigenvalue weighted by Gasteiger charge is -2.09. The highest BCUT2D eigenvalue weighted by molar-refractivity contribution is 9.10. The number of aryl methyl sites for hydroxylation is 1. The number of halogens is 1. The van der Waals surface area contributed by atoms with Crippen LogP contribution in [0.5, 0.6) is 5.75 Å². The fourth-order valence-electron chi connectivity index (χ4n) is 2.01. The fraction of sp³-hybridized carbons (Fsp3) is 0.625. The van der Waals surface area contributed by atoms with Crippen LogP contribution in [0, 0.1) is 0 Å². The van der Waals surface area contributed by atoms with Gasteiger partial charge in [-0.3, -0.25) is 0 Å². The van der Waals surface area contributed by atoms with E-state index in [0.29, 0.717) is 0 Å². The van der Waals surface area contributed by atoms with Crippen LogP contribution in [0.4, 0.5) is 0 Å². The molecule has 1 aromatic carbocycles. The van der Waals surface area contributed by atoms with Gasteiger partial charge in [0.25, 0.3) is 0 Å². The van der Waals surface area contributed by atoms with Gasteiger partial charge < -0.3 is 10.1 Å². The van der Waals surface area contributed by atoms with E-state index in [0.717, 1.165) is 36.2 Å². The molecule has 0 fully saturated rings. The molecule has 0 aliphatic carbocycles. The van der Waals surface area contributed by atoms with Gasteiger partial charge in [-0.2, -0.15) is 0 Å². The predicted molar refractivity (Wildman–Crippen MR) is 86.0 cm³/mol. The smallest absolute Gasteiger partial charge is 0.133 e. The maximum absolute atomic E-state index is 5.66. The molecule has 19 heavy (non-hydrogen) atoms. The van der Waals surface area contributed by atoms with Gasteiger partial charge in [0.2, 0.25) is 0 Å². The molecule has 0 spiro atoms. The molecule has 0 amide bonds. The van der Waals surface area contributed by atoms with Crippen LogP contribution in [0.1, 0.15) is 44.6 Å². The van der Waals surface area contributed by atoms with Gasteiger partial charge >= 0.3 is 0 Å².